The molecular formula is C16H16N4O3S2. The quantitative estimate of drug-likeness (QED) is 0.598. The van der Waals surface area contributed by atoms with E-state index in [-0.39, 0.29) is 17.3 Å². The first-order valence-corrected chi connectivity index (χ1v) is 9.41. The molecule has 0 radical (unpaired) electrons. The molecule has 7 nitrogen and oxygen atoms in total. The van der Waals surface area contributed by atoms with Crippen LogP contribution >= 0.6 is 11.3 Å². The summed E-state index contributed by atoms with van der Waals surface area (Å²) in [6.07, 6.45) is 0. The van der Waals surface area contributed by atoms with Crippen molar-refractivity contribution < 1.29 is 13.2 Å². The molecule has 1 amide bonds. The Bertz CT molecular complexity index is 1030. The van der Waals surface area contributed by atoms with E-state index in [1.165, 1.54) is 23.5 Å². The fourth-order valence-corrected chi connectivity index (χ4v) is 3.82. The van der Waals surface area contributed by atoms with Gasteiger partial charge < -0.3 is 11.1 Å². The number of amides is 1. The number of hydrogen-bond acceptors (Lipinski definition) is 7. The number of nitrogen functional groups attached to an aromatic ring is 1. The Labute approximate surface area is 149 Å². The normalized spacial score (nSPS) is 11.2. The minimum atomic E-state index is -2.60. The lowest BCUT2D eigenvalue weighted by Gasteiger charge is -2.05. The molecule has 1 aromatic carbocycles. The summed E-state index contributed by atoms with van der Waals surface area (Å²) in [6.45, 7) is 4.02. The maximum absolute atomic E-state index is 12.5. The highest BCUT2D eigenvalue weighted by Crippen LogP contribution is 2.34. The van der Waals surface area contributed by atoms with Crippen LogP contribution in [-0.2, 0) is 17.2 Å². The van der Waals surface area contributed by atoms with E-state index in [0.29, 0.717) is 15.4 Å². The molecule has 0 unspecified atom stereocenters. The summed E-state index contributed by atoms with van der Waals surface area (Å²) in [5.41, 5.74) is 9.04. The molecule has 3 aromatic rings. The maximum Gasteiger partial charge on any atom is 0.263 e. The molecule has 130 valence electrons. The van der Waals surface area contributed by atoms with Crippen molar-refractivity contribution in [2.45, 2.75) is 25.3 Å². The monoisotopic (exact) mass is 376 g/mol. The second kappa shape index (κ2) is 6.77. The number of anilines is 1. The topological polar surface area (TPSA) is 115 Å². The fraction of sp³-hybridized carbons (Fsp3) is 0.188. The summed E-state index contributed by atoms with van der Waals surface area (Å²) in [4.78, 5) is 13.7. The van der Waals surface area contributed by atoms with Gasteiger partial charge in [0.15, 0.2) is 10.7 Å². The summed E-state index contributed by atoms with van der Waals surface area (Å²) in [7, 11) is -2.60. The number of benzene rings is 1. The van der Waals surface area contributed by atoms with Gasteiger partial charge in [0.05, 0.1) is 16.3 Å². The van der Waals surface area contributed by atoms with Crippen LogP contribution in [0.15, 0.2) is 29.2 Å². The third-order valence-electron chi connectivity index (χ3n) is 3.94. The van der Waals surface area contributed by atoms with Gasteiger partial charge in [-0.3, -0.25) is 4.79 Å². The fourth-order valence-electron chi connectivity index (χ4n) is 2.41. The number of aromatic nitrogens is 2. The molecule has 0 saturated heterocycles. The molecule has 0 atom stereocenters. The lowest BCUT2D eigenvalue weighted by atomic mass is 10.1. The first kappa shape index (κ1) is 17.3. The van der Waals surface area contributed by atoms with Crippen molar-refractivity contribution in [3.8, 4) is 0 Å². The number of thiophene rings is 1. The lowest BCUT2D eigenvalue weighted by Crippen LogP contribution is -2.22. The smallest absolute Gasteiger partial charge is 0.263 e. The summed E-state index contributed by atoms with van der Waals surface area (Å²) in [6, 6.07) is 6.33. The second-order valence-electron chi connectivity index (χ2n) is 5.54. The van der Waals surface area contributed by atoms with Crippen molar-refractivity contribution >= 4 is 43.9 Å². The van der Waals surface area contributed by atoms with Crippen LogP contribution in [0.5, 0.6) is 0 Å². The Morgan fingerprint density at radius 3 is 2.52 bits per heavy atom. The highest BCUT2D eigenvalue weighted by atomic mass is 32.2. The molecule has 0 fully saturated rings. The molecule has 0 saturated carbocycles. The summed E-state index contributed by atoms with van der Waals surface area (Å²) < 4.78 is 21.8. The van der Waals surface area contributed by atoms with Gasteiger partial charge in [-0.05, 0) is 37.1 Å². The Hall–Kier alpha value is -2.52. The van der Waals surface area contributed by atoms with Gasteiger partial charge >= 0.3 is 0 Å². The van der Waals surface area contributed by atoms with E-state index in [0.717, 1.165) is 22.2 Å². The maximum atomic E-state index is 12.5. The lowest BCUT2D eigenvalue weighted by molar-refractivity contribution is 0.0956. The number of carbonyl (C=O) groups is 1. The van der Waals surface area contributed by atoms with Gasteiger partial charge in [0, 0.05) is 11.9 Å². The minimum absolute atomic E-state index is 0.239. The third kappa shape index (κ3) is 3.33. The number of hydrogen-bond donors (Lipinski definition) is 3. The van der Waals surface area contributed by atoms with Gasteiger partial charge in [-0.1, -0.05) is 12.1 Å². The van der Waals surface area contributed by atoms with E-state index in [4.69, 9.17) is 5.73 Å². The molecule has 3 rings (SSSR count). The van der Waals surface area contributed by atoms with Gasteiger partial charge in [-0.15, -0.1) is 16.4 Å². The van der Waals surface area contributed by atoms with E-state index in [1.54, 1.807) is 12.1 Å². The number of nitrogens with one attached hydrogen (secondary N) is 1. The number of carbonyl (C=O) groups excluding carboxylic acids is 1. The Kier molecular flexibility index (Phi) is 4.69. The van der Waals surface area contributed by atoms with E-state index < -0.39 is 10.7 Å². The highest BCUT2D eigenvalue weighted by molar-refractivity contribution is 7.72. The molecule has 3 N–H and O–H groups in total. The van der Waals surface area contributed by atoms with Gasteiger partial charge in [-0.2, -0.15) is 5.10 Å². The standard InChI is InChI=1S/C16H16N4O3S2/c1-8-9(2)19-20-16-12(8)13(17)14(24-16)15(21)18-7-10-3-5-11(6-4-10)25(22)23/h3-6,25H,7,17H2,1-2H3,(H,18,21). The zero-order chi connectivity index (χ0) is 18.1. The average molecular weight is 376 g/mol. The number of fused-ring (bicyclic) bond motifs is 1. The van der Waals surface area contributed by atoms with Crippen molar-refractivity contribution in [3.63, 3.8) is 0 Å². The second-order valence-corrected chi connectivity index (χ2v) is 7.57. The van der Waals surface area contributed by atoms with Crippen molar-refractivity contribution in [2.24, 2.45) is 0 Å². The number of nitrogens with zero attached hydrogens (tertiary/aromatic N) is 2. The Balaban J connectivity index is 1.81. The van der Waals surface area contributed by atoms with Crippen LogP contribution in [-0.4, -0.2) is 24.5 Å². The molecule has 0 aliphatic rings. The zero-order valence-corrected chi connectivity index (χ0v) is 15.3. The molecule has 2 aromatic heterocycles. The number of rotatable bonds is 4. The molecule has 2 heterocycles. The SMILES string of the molecule is Cc1nnc2sc(C(=O)NCc3ccc([SH](=O)=O)cc3)c(N)c2c1C. The molecule has 9 heteroatoms. The van der Waals surface area contributed by atoms with Crippen molar-refractivity contribution in [3.05, 3.63) is 46.0 Å². The van der Waals surface area contributed by atoms with Gasteiger partial charge in [-0.25, -0.2) is 8.42 Å². The molecule has 0 aliphatic carbocycles. The summed E-state index contributed by atoms with van der Waals surface area (Å²) >= 11 is 1.21. The highest BCUT2D eigenvalue weighted by Gasteiger charge is 2.19. The molecule has 25 heavy (non-hydrogen) atoms. The van der Waals surface area contributed by atoms with Gasteiger partial charge in [0.1, 0.15) is 9.71 Å². The summed E-state index contributed by atoms with van der Waals surface area (Å²) in [5.74, 6) is -0.295. The minimum Gasteiger partial charge on any atom is -0.397 e. The van der Waals surface area contributed by atoms with E-state index in [2.05, 4.69) is 15.5 Å². The van der Waals surface area contributed by atoms with Crippen LogP contribution in [0.25, 0.3) is 10.2 Å². The molecule has 0 spiro atoms. The zero-order valence-electron chi connectivity index (χ0n) is 13.6. The predicted octanol–water partition coefficient (Wildman–Crippen LogP) is 1.79. The van der Waals surface area contributed by atoms with E-state index in [1.807, 2.05) is 13.8 Å². The van der Waals surface area contributed by atoms with Gasteiger partial charge in [0.25, 0.3) is 5.91 Å². The van der Waals surface area contributed by atoms with Crippen LogP contribution in [0.1, 0.15) is 26.5 Å². The van der Waals surface area contributed by atoms with Gasteiger partial charge in [0.2, 0.25) is 0 Å². The van der Waals surface area contributed by atoms with Crippen molar-refractivity contribution in [2.75, 3.05) is 5.73 Å². The Morgan fingerprint density at radius 1 is 1.20 bits per heavy atom. The molecular weight excluding hydrogens is 360 g/mol. The summed E-state index contributed by atoms with van der Waals surface area (Å²) in [5, 5.41) is 11.7. The van der Waals surface area contributed by atoms with Crippen LogP contribution < -0.4 is 11.1 Å². The third-order valence-corrected chi connectivity index (χ3v) is 5.75. The van der Waals surface area contributed by atoms with E-state index >= 15 is 0 Å². The van der Waals surface area contributed by atoms with Crippen LogP contribution in [0.3, 0.4) is 0 Å². The predicted molar refractivity (Wildman–Crippen MR) is 97.5 cm³/mol. The first-order chi connectivity index (χ1) is 11.9. The van der Waals surface area contributed by atoms with Crippen LogP contribution in [0.4, 0.5) is 5.69 Å². The van der Waals surface area contributed by atoms with Crippen molar-refractivity contribution in [1.29, 1.82) is 0 Å². The largest absolute Gasteiger partial charge is 0.397 e. The first-order valence-electron chi connectivity index (χ1n) is 7.42. The van der Waals surface area contributed by atoms with Crippen molar-refractivity contribution in [1.82, 2.24) is 15.5 Å². The average Bonchev–Trinajstić information content (AvgIpc) is 2.94. The number of nitrogens with two attached hydrogens (primary N) is 1. The number of thiol groups is 1. The van der Waals surface area contributed by atoms with Crippen LogP contribution in [0, 0.1) is 13.8 Å². The van der Waals surface area contributed by atoms with Crippen LogP contribution in [0.2, 0.25) is 0 Å². The van der Waals surface area contributed by atoms with E-state index in [9.17, 15) is 13.2 Å². The molecule has 0 aliphatic heterocycles. The number of aryl methyl sites for hydroxylation is 2. The Morgan fingerprint density at radius 2 is 1.88 bits per heavy atom. The molecule has 0 bridgehead atoms.